The summed E-state index contributed by atoms with van der Waals surface area (Å²) in [6.45, 7) is -0.702. The summed E-state index contributed by atoms with van der Waals surface area (Å²) in [7, 11) is 0. The molecular formula is C30H18BrF6N3O4S2. The van der Waals surface area contributed by atoms with E-state index in [0.717, 1.165) is 46.7 Å². The van der Waals surface area contributed by atoms with Crippen LogP contribution in [-0.2, 0) is 33.3 Å². The van der Waals surface area contributed by atoms with Gasteiger partial charge in [-0.2, -0.15) is 26.3 Å². The van der Waals surface area contributed by atoms with Gasteiger partial charge < -0.3 is 5.32 Å². The number of halogens is 7. The number of benzene rings is 3. The molecule has 0 spiro atoms. The minimum Gasteiger partial charge on any atom is -0.324 e. The van der Waals surface area contributed by atoms with Crippen molar-refractivity contribution in [2.45, 2.75) is 35.1 Å². The van der Waals surface area contributed by atoms with Gasteiger partial charge >= 0.3 is 17.2 Å². The average molecular weight is 743 g/mol. The summed E-state index contributed by atoms with van der Waals surface area (Å²) in [5, 5.41) is 1.17. The molecule has 2 unspecified atom stereocenters. The van der Waals surface area contributed by atoms with Crippen LogP contribution in [0.25, 0.3) is 0 Å². The third-order valence-corrected chi connectivity index (χ3v) is 10.6. The van der Waals surface area contributed by atoms with Crippen molar-refractivity contribution < 1.29 is 40.7 Å². The Balaban J connectivity index is 1.40. The van der Waals surface area contributed by atoms with Crippen molar-refractivity contribution in [3.05, 3.63) is 109 Å². The quantitative estimate of drug-likeness (QED) is 0.174. The van der Waals surface area contributed by atoms with E-state index in [1.807, 2.05) is 0 Å². The number of nitrogens with zero attached hydrogens (tertiary/aromatic N) is 2. The van der Waals surface area contributed by atoms with E-state index in [1.54, 1.807) is 24.3 Å². The van der Waals surface area contributed by atoms with Gasteiger partial charge in [0, 0.05) is 15.3 Å². The zero-order valence-corrected chi connectivity index (χ0v) is 26.1. The van der Waals surface area contributed by atoms with E-state index >= 15 is 0 Å². The molecule has 3 atom stereocenters. The van der Waals surface area contributed by atoms with Gasteiger partial charge in [0.2, 0.25) is 17.7 Å². The summed E-state index contributed by atoms with van der Waals surface area (Å²) in [6.07, 6.45) is -9.49. The molecule has 0 saturated carbocycles. The van der Waals surface area contributed by atoms with Crippen molar-refractivity contribution >= 4 is 68.1 Å². The van der Waals surface area contributed by atoms with Crippen molar-refractivity contribution in [1.29, 1.82) is 0 Å². The van der Waals surface area contributed by atoms with Crippen LogP contribution in [0.15, 0.2) is 87.1 Å². The van der Waals surface area contributed by atoms with Gasteiger partial charge in [-0.25, -0.2) is 4.90 Å². The normalized spacial score (nSPS) is 19.6. The number of hydrogen-bond donors (Lipinski definition) is 1. The predicted molar refractivity (Wildman–Crippen MR) is 162 cm³/mol. The summed E-state index contributed by atoms with van der Waals surface area (Å²) in [6, 6.07) is 14.9. The van der Waals surface area contributed by atoms with Crippen LogP contribution in [-0.4, -0.2) is 27.5 Å². The first-order valence-electron chi connectivity index (χ1n) is 13.3. The lowest BCUT2D eigenvalue weighted by molar-refractivity contribution is -0.138. The maximum Gasteiger partial charge on any atom is 0.418 e. The summed E-state index contributed by atoms with van der Waals surface area (Å²) in [5.41, 5.74) is -2.39. The molecule has 1 aromatic heterocycles. The number of nitrogens with one attached hydrogen (secondary N) is 1. The van der Waals surface area contributed by atoms with E-state index < -0.39 is 75.4 Å². The predicted octanol–water partition coefficient (Wildman–Crippen LogP) is 7.14. The summed E-state index contributed by atoms with van der Waals surface area (Å²) in [4.78, 5) is 54.4. The van der Waals surface area contributed by atoms with Gasteiger partial charge in [0.15, 0.2) is 0 Å². The molecule has 0 radical (unpaired) electrons. The second-order valence-electron chi connectivity index (χ2n) is 10.4. The molecule has 0 bridgehead atoms. The van der Waals surface area contributed by atoms with Gasteiger partial charge in [0.1, 0.15) is 11.8 Å². The van der Waals surface area contributed by atoms with Crippen molar-refractivity contribution in [1.82, 2.24) is 4.57 Å². The first-order chi connectivity index (χ1) is 21.6. The van der Waals surface area contributed by atoms with Gasteiger partial charge in [-0.1, -0.05) is 69.4 Å². The fraction of sp³-hybridized carbons (Fsp3) is 0.200. The standard InChI is InChI=1S/C30H18BrF6N3O4S2/c31-16-7-3-5-14(11-16)21-22-23(26(43)40(25(22)42)17-8-4-6-15(12-17)29(32,33)34)45-27-24(21)46-28(44)39(27)13-20(41)38-19-10-2-1-9-18(19)30(35,36)37/h1-12,21-23H,13H2,(H,38,41)/t21-,22?,23?/m1/s1. The molecular weight excluding hydrogens is 724 g/mol. The zero-order chi connectivity index (χ0) is 33.1. The Morgan fingerprint density at radius 1 is 0.870 bits per heavy atom. The maximum atomic E-state index is 13.9. The lowest BCUT2D eigenvalue weighted by Gasteiger charge is -2.30. The highest BCUT2D eigenvalue weighted by Crippen LogP contribution is 2.54. The molecule has 16 heteroatoms. The molecule has 1 fully saturated rings. The molecule has 3 heterocycles. The number of aromatic nitrogens is 1. The van der Waals surface area contributed by atoms with Crippen LogP contribution in [0, 0.1) is 5.92 Å². The molecule has 0 aliphatic carbocycles. The summed E-state index contributed by atoms with van der Waals surface area (Å²) >= 11 is 4.91. The maximum absolute atomic E-state index is 13.9. The zero-order valence-electron chi connectivity index (χ0n) is 22.9. The van der Waals surface area contributed by atoms with Crippen LogP contribution in [0.1, 0.15) is 27.5 Å². The molecule has 6 rings (SSSR count). The molecule has 2 aliphatic heterocycles. The number of carbonyl (C=O) groups is 3. The lowest BCUT2D eigenvalue weighted by atomic mass is 9.83. The van der Waals surface area contributed by atoms with Gasteiger partial charge in [0.05, 0.1) is 33.4 Å². The molecule has 46 heavy (non-hydrogen) atoms. The number of alkyl halides is 6. The Morgan fingerprint density at radius 3 is 2.28 bits per heavy atom. The number of fused-ring (bicyclic) bond motifs is 2. The number of hydrogen-bond acceptors (Lipinski definition) is 6. The van der Waals surface area contributed by atoms with Crippen molar-refractivity contribution in [2.24, 2.45) is 5.92 Å². The number of anilines is 2. The number of thiazole rings is 1. The molecule has 2 aliphatic rings. The van der Waals surface area contributed by atoms with Crippen LogP contribution in [0.4, 0.5) is 37.7 Å². The lowest BCUT2D eigenvalue weighted by Crippen LogP contribution is -2.33. The van der Waals surface area contributed by atoms with E-state index in [4.69, 9.17) is 0 Å². The first kappa shape index (κ1) is 32.1. The summed E-state index contributed by atoms with van der Waals surface area (Å²) < 4.78 is 82.6. The molecule has 7 nitrogen and oxygen atoms in total. The molecule has 1 saturated heterocycles. The van der Waals surface area contributed by atoms with Gasteiger partial charge in [-0.3, -0.25) is 23.7 Å². The molecule has 238 valence electrons. The van der Waals surface area contributed by atoms with Crippen molar-refractivity contribution in [3.8, 4) is 0 Å². The molecule has 3 aromatic carbocycles. The third-order valence-electron chi connectivity index (χ3n) is 7.50. The topological polar surface area (TPSA) is 88.5 Å². The van der Waals surface area contributed by atoms with Crippen molar-refractivity contribution in [2.75, 3.05) is 10.2 Å². The van der Waals surface area contributed by atoms with Gasteiger partial charge in [-0.15, -0.1) is 0 Å². The second-order valence-corrected chi connectivity index (χ2v) is 13.4. The van der Waals surface area contributed by atoms with Crippen LogP contribution >= 0.6 is 39.0 Å². The van der Waals surface area contributed by atoms with Crippen LogP contribution in [0.3, 0.4) is 0 Å². The van der Waals surface area contributed by atoms with Crippen molar-refractivity contribution in [3.63, 3.8) is 0 Å². The van der Waals surface area contributed by atoms with Gasteiger partial charge in [0.25, 0.3) is 0 Å². The highest BCUT2D eigenvalue weighted by atomic mass is 79.9. The van der Waals surface area contributed by atoms with E-state index in [2.05, 4.69) is 21.2 Å². The Kier molecular flexibility index (Phi) is 8.17. The Morgan fingerprint density at radius 2 is 1.59 bits per heavy atom. The average Bonchev–Trinajstić information content (AvgIpc) is 3.42. The smallest absolute Gasteiger partial charge is 0.324 e. The number of rotatable bonds is 5. The molecule has 1 N–H and O–H groups in total. The van der Waals surface area contributed by atoms with E-state index in [0.29, 0.717) is 37.2 Å². The van der Waals surface area contributed by atoms with Crippen LogP contribution in [0.5, 0.6) is 0 Å². The number of amides is 3. The van der Waals surface area contributed by atoms with E-state index in [1.165, 1.54) is 12.1 Å². The monoisotopic (exact) mass is 741 g/mol. The number of imide groups is 1. The minimum atomic E-state index is -4.76. The molecule has 3 amide bonds. The fourth-order valence-electron chi connectivity index (χ4n) is 5.56. The molecule has 4 aromatic rings. The highest BCUT2D eigenvalue weighted by Gasteiger charge is 2.57. The van der Waals surface area contributed by atoms with Gasteiger partial charge in [-0.05, 0) is 48.0 Å². The largest absolute Gasteiger partial charge is 0.418 e. The second kappa shape index (κ2) is 11.7. The Bertz CT molecular complexity index is 1960. The van der Waals surface area contributed by atoms with Crippen LogP contribution < -0.4 is 15.1 Å². The van der Waals surface area contributed by atoms with E-state index in [-0.39, 0.29) is 10.7 Å². The Labute approximate surface area is 272 Å². The first-order valence-corrected chi connectivity index (χ1v) is 15.8. The third kappa shape index (κ3) is 5.77. The Hall–Kier alpha value is -3.89. The fourth-order valence-corrected chi connectivity index (χ4v) is 8.75. The number of thioether (sulfide) groups is 1. The van der Waals surface area contributed by atoms with E-state index in [9.17, 15) is 45.5 Å². The number of para-hydroxylation sites is 1. The summed E-state index contributed by atoms with van der Waals surface area (Å²) in [5.74, 6) is -4.53. The minimum absolute atomic E-state index is 0.160. The van der Waals surface area contributed by atoms with Crippen LogP contribution in [0.2, 0.25) is 0 Å². The highest BCUT2D eigenvalue weighted by molar-refractivity contribution is 9.10. The SMILES string of the molecule is O=C(Cn1c2c(sc1=O)[C@H](c1cccc(Br)c1)C1C(=O)N(c3cccc(C(F)(F)F)c3)C(=O)C1S2)Nc1ccccc1C(F)(F)F. The number of carbonyl (C=O) groups excluding carboxylic acids is 3.